The summed E-state index contributed by atoms with van der Waals surface area (Å²) in [7, 11) is 0. The van der Waals surface area contributed by atoms with Gasteiger partial charge in [-0.25, -0.2) is 0 Å². The Kier molecular flexibility index (Phi) is 5.09. The van der Waals surface area contributed by atoms with Gasteiger partial charge in [-0.15, -0.1) is 0 Å². The minimum atomic E-state index is 0.147. The number of carbonyl (C=O) groups is 1. The maximum Gasteiger partial charge on any atom is 0.223 e. The first-order valence-electron chi connectivity index (χ1n) is 6.16. The molecule has 1 aliphatic rings. The van der Waals surface area contributed by atoms with E-state index in [9.17, 15) is 4.79 Å². The lowest BCUT2D eigenvalue weighted by atomic mass is 9.91. The number of hydrogen-bond donors (Lipinski definition) is 2. The van der Waals surface area contributed by atoms with Crippen LogP contribution in [0, 0.1) is 11.8 Å². The van der Waals surface area contributed by atoms with Crippen LogP contribution in [-0.2, 0) is 4.79 Å². The molecule has 0 spiro atoms. The highest BCUT2D eigenvalue weighted by Crippen LogP contribution is 2.16. The summed E-state index contributed by atoms with van der Waals surface area (Å²) in [5, 5.41) is 6.48. The molecule has 0 radical (unpaired) electrons. The van der Waals surface area contributed by atoms with E-state index in [1.54, 1.807) is 0 Å². The molecule has 1 rings (SSSR count). The summed E-state index contributed by atoms with van der Waals surface area (Å²) in [6.07, 6.45) is 3.29. The lowest BCUT2D eigenvalue weighted by Crippen LogP contribution is -2.44. The van der Waals surface area contributed by atoms with Crippen molar-refractivity contribution in [3.63, 3.8) is 0 Å². The molecule has 0 bridgehead atoms. The summed E-state index contributed by atoms with van der Waals surface area (Å²) in [4.78, 5) is 11.7. The highest BCUT2D eigenvalue weighted by molar-refractivity contribution is 5.78. The maximum atomic E-state index is 11.7. The zero-order valence-corrected chi connectivity index (χ0v) is 10.2. The fourth-order valence-corrected chi connectivity index (χ4v) is 2.01. The van der Waals surface area contributed by atoms with Crippen LogP contribution in [0.3, 0.4) is 0 Å². The van der Waals surface area contributed by atoms with E-state index in [1.807, 2.05) is 6.92 Å². The summed E-state index contributed by atoms with van der Waals surface area (Å²) in [5.41, 5.74) is 0. The fraction of sp³-hybridized carbons (Fsp3) is 0.917. The fourth-order valence-electron chi connectivity index (χ4n) is 2.01. The second-order valence-electron chi connectivity index (χ2n) is 4.69. The zero-order valence-electron chi connectivity index (χ0n) is 10.2. The number of rotatable bonds is 4. The van der Waals surface area contributed by atoms with Gasteiger partial charge in [0.05, 0.1) is 0 Å². The Balaban J connectivity index is 2.33. The number of hydrogen-bond acceptors (Lipinski definition) is 2. The second kappa shape index (κ2) is 6.11. The molecule has 0 aromatic carbocycles. The van der Waals surface area contributed by atoms with Gasteiger partial charge < -0.3 is 10.6 Å². The van der Waals surface area contributed by atoms with Crippen LogP contribution in [0.15, 0.2) is 0 Å². The number of carbonyl (C=O) groups excluding carboxylic acids is 1. The van der Waals surface area contributed by atoms with Gasteiger partial charge in [0.1, 0.15) is 0 Å². The molecule has 0 saturated carbocycles. The first kappa shape index (κ1) is 12.5. The van der Waals surface area contributed by atoms with E-state index >= 15 is 0 Å². The topological polar surface area (TPSA) is 41.1 Å². The third-order valence-electron chi connectivity index (χ3n) is 3.52. The largest absolute Gasteiger partial charge is 0.353 e. The van der Waals surface area contributed by atoms with E-state index in [0.717, 1.165) is 19.5 Å². The van der Waals surface area contributed by atoms with E-state index in [0.29, 0.717) is 12.0 Å². The molecule has 2 N–H and O–H groups in total. The Bertz CT molecular complexity index is 200. The van der Waals surface area contributed by atoms with Gasteiger partial charge in [0, 0.05) is 12.0 Å². The van der Waals surface area contributed by atoms with Crippen molar-refractivity contribution in [2.45, 2.75) is 46.1 Å². The first-order chi connectivity index (χ1) is 7.15. The van der Waals surface area contributed by atoms with Crippen molar-refractivity contribution < 1.29 is 4.79 Å². The van der Waals surface area contributed by atoms with Gasteiger partial charge in [0.25, 0.3) is 0 Å². The van der Waals surface area contributed by atoms with E-state index in [4.69, 9.17) is 0 Å². The molecular formula is C12H24N2O. The van der Waals surface area contributed by atoms with Crippen LogP contribution in [0.5, 0.6) is 0 Å². The van der Waals surface area contributed by atoms with E-state index < -0.39 is 0 Å². The lowest BCUT2D eigenvalue weighted by Gasteiger charge is -2.29. The van der Waals surface area contributed by atoms with Gasteiger partial charge in [-0.05, 0) is 45.2 Å². The van der Waals surface area contributed by atoms with Crippen LogP contribution in [0.1, 0.15) is 40.0 Å². The van der Waals surface area contributed by atoms with Gasteiger partial charge in [-0.1, -0.05) is 13.8 Å². The molecule has 0 aliphatic carbocycles. The Labute approximate surface area is 93.0 Å². The standard InChI is InChI=1S/C12H24N2O/c1-4-9(2)12(15)14-10(3)11-5-7-13-8-6-11/h9-11,13H,4-8H2,1-3H3,(H,14,15). The Morgan fingerprint density at radius 3 is 2.53 bits per heavy atom. The number of nitrogens with one attached hydrogen (secondary N) is 2. The highest BCUT2D eigenvalue weighted by Gasteiger charge is 2.22. The summed E-state index contributed by atoms with van der Waals surface area (Å²) in [6.45, 7) is 8.36. The predicted octanol–water partition coefficient (Wildman–Crippen LogP) is 1.54. The number of piperidine rings is 1. The van der Waals surface area contributed by atoms with Gasteiger partial charge in [-0.2, -0.15) is 0 Å². The average molecular weight is 212 g/mol. The molecule has 88 valence electrons. The molecule has 3 nitrogen and oxygen atoms in total. The van der Waals surface area contributed by atoms with Gasteiger partial charge in [-0.3, -0.25) is 4.79 Å². The summed E-state index contributed by atoms with van der Waals surface area (Å²) >= 11 is 0. The molecule has 1 amide bonds. The van der Waals surface area contributed by atoms with Crippen molar-refractivity contribution in [3.8, 4) is 0 Å². The van der Waals surface area contributed by atoms with Crippen molar-refractivity contribution in [2.24, 2.45) is 11.8 Å². The quantitative estimate of drug-likeness (QED) is 0.742. The van der Waals surface area contributed by atoms with Crippen molar-refractivity contribution in [3.05, 3.63) is 0 Å². The summed E-state index contributed by atoms with van der Waals surface area (Å²) in [6, 6.07) is 0.327. The van der Waals surface area contributed by atoms with Gasteiger partial charge in [0.2, 0.25) is 5.91 Å². The molecule has 1 fully saturated rings. The summed E-state index contributed by atoms with van der Waals surface area (Å²) < 4.78 is 0. The zero-order chi connectivity index (χ0) is 11.3. The smallest absolute Gasteiger partial charge is 0.223 e. The number of amides is 1. The monoisotopic (exact) mass is 212 g/mol. The van der Waals surface area contributed by atoms with Crippen LogP contribution in [0.4, 0.5) is 0 Å². The molecule has 3 heteroatoms. The SMILES string of the molecule is CCC(C)C(=O)NC(C)C1CCNCC1. The Hall–Kier alpha value is -0.570. The summed E-state index contributed by atoms with van der Waals surface area (Å²) in [5.74, 6) is 1.01. The first-order valence-corrected chi connectivity index (χ1v) is 6.16. The molecule has 1 saturated heterocycles. The second-order valence-corrected chi connectivity index (χ2v) is 4.69. The molecule has 0 aromatic heterocycles. The molecule has 2 atom stereocenters. The molecule has 15 heavy (non-hydrogen) atoms. The van der Waals surface area contributed by atoms with E-state index in [2.05, 4.69) is 24.5 Å². The average Bonchev–Trinajstić information content (AvgIpc) is 2.29. The van der Waals surface area contributed by atoms with Crippen LogP contribution in [0.2, 0.25) is 0 Å². The molecular weight excluding hydrogens is 188 g/mol. The molecule has 2 unspecified atom stereocenters. The van der Waals surface area contributed by atoms with Gasteiger partial charge in [0.15, 0.2) is 0 Å². The lowest BCUT2D eigenvalue weighted by molar-refractivity contribution is -0.125. The maximum absolute atomic E-state index is 11.7. The highest BCUT2D eigenvalue weighted by atomic mass is 16.1. The minimum Gasteiger partial charge on any atom is -0.353 e. The van der Waals surface area contributed by atoms with Crippen molar-refractivity contribution in [1.29, 1.82) is 0 Å². The van der Waals surface area contributed by atoms with Crippen LogP contribution in [-0.4, -0.2) is 25.0 Å². The van der Waals surface area contributed by atoms with Crippen LogP contribution >= 0.6 is 0 Å². The Morgan fingerprint density at radius 1 is 1.40 bits per heavy atom. The van der Waals surface area contributed by atoms with Crippen molar-refractivity contribution in [2.75, 3.05) is 13.1 Å². The molecule has 1 heterocycles. The van der Waals surface area contributed by atoms with Crippen molar-refractivity contribution >= 4 is 5.91 Å². The van der Waals surface area contributed by atoms with Gasteiger partial charge >= 0.3 is 0 Å². The molecule has 1 aliphatic heterocycles. The van der Waals surface area contributed by atoms with E-state index in [-0.39, 0.29) is 11.8 Å². The van der Waals surface area contributed by atoms with Crippen molar-refractivity contribution in [1.82, 2.24) is 10.6 Å². The Morgan fingerprint density at radius 2 is 2.00 bits per heavy atom. The third-order valence-corrected chi connectivity index (χ3v) is 3.52. The normalized spacial score (nSPS) is 22.1. The van der Waals surface area contributed by atoms with Crippen LogP contribution in [0.25, 0.3) is 0 Å². The third kappa shape index (κ3) is 3.82. The minimum absolute atomic E-state index is 0.147. The van der Waals surface area contributed by atoms with Crippen LogP contribution < -0.4 is 10.6 Å². The predicted molar refractivity (Wildman–Crippen MR) is 62.7 cm³/mol. The van der Waals surface area contributed by atoms with E-state index in [1.165, 1.54) is 12.8 Å². The molecule has 0 aromatic rings.